The van der Waals surface area contributed by atoms with Gasteiger partial charge in [0.1, 0.15) is 18.1 Å². The molecule has 0 aliphatic heterocycles. The van der Waals surface area contributed by atoms with Crippen LogP contribution in [0.3, 0.4) is 0 Å². The fourth-order valence-electron chi connectivity index (χ4n) is 2.62. The standard InChI is InChI=1S/C22H17ClI2N2O3/c1-29-20-9-5-3-7-16(20)22(28)27-26-12-14-10-18(24)21(19(25)11-14)30-13-15-6-2-4-8-17(15)23/h2-12H,13H2,1H3,(H,27,28)/b26-12-. The molecule has 0 radical (unpaired) electrons. The van der Waals surface area contributed by atoms with Gasteiger partial charge in [-0.05, 0) is 81.1 Å². The number of amides is 1. The highest BCUT2D eigenvalue weighted by Gasteiger charge is 2.11. The number of nitrogens with one attached hydrogen (secondary N) is 1. The van der Waals surface area contributed by atoms with E-state index in [2.05, 4.69) is 55.7 Å². The lowest BCUT2D eigenvalue weighted by Crippen LogP contribution is -2.18. The van der Waals surface area contributed by atoms with Gasteiger partial charge in [-0.15, -0.1) is 0 Å². The molecule has 0 saturated heterocycles. The van der Waals surface area contributed by atoms with E-state index in [9.17, 15) is 4.79 Å². The Labute approximate surface area is 207 Å². The van der Waals surface area contributed by atoms with Gasteiger partial charge in [0.05, 0.1) is 26.0 Å². The van der Waals surface area contributed by atoms with Gasteiger partial charge in [0, 0.05) is 10.6 Å². The summed E-state index contributed by atoms with van der Waals surface area (Å²) in [7, 11) is 1.52. The van der Waals surface area contributed by atoms with Gasteiger partial charge < -0.3 is 9.47 Å². The minimum atomic E-state index is -0.340. The number of nitrogens with zero attached hydrogens (tertiary/aromatic N) is 1. The highest BCUT2D eigenvalue weighted by atomic mass is 127. The van der Waals surface area contributed by atoms with Crippen molar-refractivity contribution in [3.05, 3.63) is 89.5 Å². The number of methoxy groups -OCH3 is 1. The Bertz CT molecular complexity index is 1070. The third-order valence-corrected chi connectivity index (χ3v) is 6.05. The van der Waals surface area contributed by atoms with Gasteiger partial charge in [-0.1, -0.05) is 41.9 Å². The lowest BCUT2D eigenvalue weighted by molar-refractivity contribution is 0.0952. The molecule has 5 nitrogen and oxygen atoms in total. The first-order chi connectivity index (χ1) is 14.5. The van der Waals surface area contributed by atoms with Crippen LogP contribution >= 0.6 is 56.8 Å². The number of hydrogen-bond donors (Lipinski definition) is 1. The van der Waals surface area contributed by atoms with Crippen LogP contribution in [-0.4, -0.2) is 19.2 Å². The van der Waals surface area contributed by atoms with Crippen molar-refractivity contribution >= 4 is 68.9 Å². The zero-order valence-corrected chi connectivity index (χ0v) is 20.9. The Morgan fingerprint density at radius 3 is 2.47 bits per heavy atom. The van der Waals surface area contributed by atoms with Crippen molar-refractivity contribution in [2.45, 2.75) is 6.61 Å². The lowest BCUT2D eigenvalue weighted by Gasteiger charge is -2.12. The van der Waals surface area contributed by atoms with Crippen molar-refractivity contribution in [1.29, 1.82) is 0 Å². The van der Waals surface area contributed by atoms with Gasteiger partial charge in [0.15, 0.2) is 0 Å². The van der Waals surface area contributed by atoms with Gasteiger partial charge in [-0.25, -0.2) is 5.43 Å². The summed E-state index contributed by atoms with van der Waals surface area (Å²) in [5, 5.41) is 4.74. The van der Waals surface area contributed by atoms with E-state index in [1.54, 1.807) is 30.5 Å². The smallest absolute Gasteiger partial charge is 0.275 e. The van der Waals surface area contributed by atoms with E-state index in [1.165, 1.54) is 7.11 Å². The number of carbonyl (C=O) groups excluding carboxylic acids is 1. The Morgan fingerprint density at radius 1 is 1.10 bits per heavy atom. The van der Waals surface area contributed by atoms with Crippen LogP contribution in [0.4, 0.5) is 0 Å². The first-order valence-electron chi connectivity index (χ1n) is 8.81. The molecular formula is C22H17ClI2N2O3. The third-order valence-electron chi connectivity index (χ3n) is 4.08. The number of rotatable bonds is 7. The molecule has 1 N–H and O–H groups in total. The molecule has 0 spiro atoms. The lowest BCUT2D eigenvalue weighted by atomic mass is 10.2. The van der Waals surface area contributed by atoms with E-state index >= 15 is 0 Å². The predicted octanol–water partition coefficient (Wildman–Crippen LogP) is 5.90. The number of carbonyl (C=O) groups is 1. The first kappa shape index (κ1) is 22.8. The average Bonchev–Trinajstić information content (AvgIpc) is 2.74. The highest BCUT2D eigenvalue weighted by molar-refractivity contribution is 14.1. The van der Waals surface area contributed by atoms with Crippen LogP contribution in [0, 0.1) is 7.14 Å². The second kappa shape index (κ2) is 11.0. The van der Waals surface area contributed by atoms with Crippen LogP contribution in [0.1, 0.15) is 21.5 Å². The predicted molar refractivity (Wildman–Crippen MR) is 136 cm³/mol. The van der Waals surface area contributed by atoms with Crippen molar-refractivity contribution in [2.75, 3.05) is 7.11 Å². The Morgan fingerprint density at radius 2 is 1.77 bits per heavy atom. The molecule has 0 unspecified atom stereocenters. The van der Waals surface area contributed by atoms with Crippen molar-refractivity contribution in [3.63, 3.8) is 0 Å². The molecule has 0 aliphatic carbocycles. The summed E-state index contributed by atoms with van der Waals surface area (Å²) in [6.45, 7) is 0.383. The van der Waals surface area contributed by atoms with Gasteiger partial charge >= 0.3 is 0 Å². The zero-order valence-electron chi connectivity index (χ0n) is 15.9. The van der Waals surface area contributed by atoms with E-state index in [0.717, 1.165) is 24.0 Å². The van der Waals surface area contributed by atoms with E-state index < -0.39 is 0 Å². The fourth-order valence-corrected chi connectivity index (χ4v) is 4.93. The molecule has 0 bridgehead atoms. The van der Waals surface area contributed by atoms with Crippen LogP contribution in [0.5, 0.6) is 11.5 Å². The van der Waals surface area contributed by atoms with Crippen molar-refractivity contribution in [3.8, 4) is 11.5 Å². The Kier molecular flexibility index (Phi) is 8.34. The molecule has 8 heteroatoms. The number of benzene rings is 3. The molecule has 3 aromatic rings. The maximum absolute atomic E-state index is 12.3. The fraction of sp³-hybridized carbons (Fsp3) is 0.0909. The van der Waals surface area contributed by atoms with Gasteiger partial charge in [-0.2, -0.15) is 5.10 Å². The zero-order chi connectivity index (χ0) is 21.5. The van der Waals surface area contributed by atoms with Crippen molar-refractivity contribution in [1.82, 2.24) is 5.43 Å². The number of hydrazone groups is 1. The van der Waals surface area contributed by atoms with Crippen LogP contribution in [0.15, 0.2) is 65.8 Å². The summed E-state index contributed by atoms with van der Waals surface area (Å²) < 4.78 is 13.1. The summed E-state index contributed by atoms with van der Waals surface area (Å²) in [4.78, 5) is 12.3. The molecule has 1 amide bonds. The van der Waals surface area contributed by atoms with Crippen LogP contribution in [-0.2, 0) is 6.61 Å². The molecule has 0 saturated carbocycles. The van der Waals surface area contributed by atoms with E-state index in [1.807, 2.05) is 36.4 Å². The molecule has 0 heterocycles. The minimum Gasteiger partial charge on any atom is -0.496 e. The topological polar surface area (TPSA) is 59.9 Å². The van der Waals surface area contributed by atoms with Crippen LogP contribution in [0.25, 0.3) is 0 Å². The largest absolute Gasteiger partial charge is 0.496 e. The molecule has 0 aromatic heterocycles. The molecule has 154 valence electrons. The normalized spacial score (nSPS) is 10.8. The third kappa shape index (κ3) is 5.86. The molecule has 3 aromatic carbocycles. The number of hydrogen-bond acceptors (Lipinski definition) is 4. The second-order valence-corrected chi connectivity index (χ2v) is 8.82. The van der Waals surface area contributed by atoms with Crippen molar-refractivity contribution in [2.24, 2.45) is 5.10 Å². The number of para-hydroxylation sites is 1. The Hall–Kier alpha value is -1.85. The Balaban J connectivity index is 1.67. The van der Waals surface area contributed by atoms with Gasteiger partial charge in [0.2, 0.25) is 0 Å². The quantitative estimate of drug-likeness (QED) is 0.198. The summed E-state index contributed by atoms with van der Waals surface area (Å²) >= 11 is 10.6. The molecule has 0 aliphatic rings. The molecule has 0 fully saturated rings. The monoisotopic (exact) mass is 646 g/mol. The summed E-state index contributed by atoms with van der Waals surface area (Å²) in [5.74, 6) is 0.938. The number of halogens is 3. The summed E-state index contributed by atoms with van der Waals surface area (Å²) in [5.41, 5.74) is 4.72. The van der Waals surface area contributed by atoms with E-state index in [4.69, 9.17) is 21.1 Å². The second-order valence-electron chi connectivity index (χ2n) is 6.09. The molecule has 0 atom stereocenters. The van der Waals surface area contributed by atoms with Crippen LogP contribution in [0.2, 0.25) is 5.02 Å². The summed E-state index contributed by atoms with van der Waals surface area (Å²) in [6, 6.07) is 18.5. The molecule has 3 rings (SSSR count). The summed E-state index contributed by atoms with van der Waals surface area (Å²) in [6.07, 6.45) is 1.59. The van der Waals surface area contributed by atoms with E-state index in [0.29, 0.717) is 22.9 Å². The van der Waals surface area contributed by atoms with Crippen molar-refractivity contribution < 1.29 is 14.3 Å². The SMILES string of the molecule is COc1ccccc1C(=O)N/N=C\c1cc(I)c(OCc2ccccc2Cl)c(I)c1. The van der Waals surface area contributed by atoms with E-state index in [-0.39, 0.29) is 5.91 Å². The van der Waals surface area contributed by atoms with Gasteiger partial charge in [-0.3, -0.25) is 4.79 Å². The molecule has 30 heavy (non-hydrogen) atoms. The maximum Gasteiger partial charge on any atom is 0.275 e. The highest BCUT2D eigenvalue weighted by Crippen LogP contribution is 2.30. The number of ether oxygens (including phenoxy) is 2. The minimum absolute atomic E-state index is 0.340. The molecular weight excluding hydrogens is 630 g/mol. The first-order valence-corrected chi connectivity index (χ1v) is 11.3. The van der Waals surface area contributed by atoms with Crippen LogP contribution < -0.4 is 14.9 Å². The maximum atomic E-state index is 12.3. The average molecular weight is 647 g/mol. The van der Waals surface area contributed by atoms with Gasteiger partial charge in [0.25, 0.3) is 5.91 Å².